The van der Waals surface area contributed by atoms with Gasteiger partial charge in [-0.15, -0.1) is 0 Å². The Morgan fingerprint density at radius 1 is 1.13 bits per heavy atom. The highest BCUT2D eigenvalue weighted by atomic mass is 79.9. The standard InChI is InChI=1S/C20H20BrN3O7/c1-20(2,22-14(25)9-21)19(30)31-10-23-15(26)8-7-13(18(23)29)24-16(27)11-5-3-4-6-12(11)17(24)28/h3-6,13H,7-10H2,1-2H3,(H,22,25). The van der Waals surface area contributed by atoms with Crippen molar-refractivity contribution in [2.24, 2.45) is 0 Å². The largest absolute Gasteiger partial charge is 0.442 e. The summed E-state index contributed by atoms with van der Waals surface area (Å²) < 4.78 is 5.09. The predicted molar refractivity (Wildman–Crippen MR) is 109 cm³/mol. The summed E-state index contributed by atoms with van der Waals surface area (Å²) in [7, 11) is 0. The number of piperidine rings is 1. The lowest BCUT2D eigenvalue weighted by Crippen LogP contribution is -2.57. The maximum Gasteiger partial charge on any atom is 0.333 e. The molecule has 11 heteroatoms. The number of alkyl halides is 1. The third kappa shape index (κ3) is 4.22. The zero-order valence-corrected chi connectivity index (χ0v) is 18.4. The first kappa shape index (κ1) is 22.6. The fourth-order valence-corrected chi connectivity index (χ4v) is 3.56. The van der Waals surface area contributed by atoms with Gasteiger partial charge in [0.1, 0.15) is 11.6 Å². The summed E-state index contributed by atoms with van der Waals surface area (Å²) in [6.07, 6.45) is -0.120. The third-order valence-corrected chi connectivity index (χ3v) is 5.54. The fourth-order valence-electron chi connectivity index (χ4n) is 3.42. The van der Waals surface area contributed by atoms with Gasteiger partial charge < -0.3 is 10.1 Å². The topological polar surface area (TPSA) is 130 Å². The molecule has 10 nitrogen and oxygen atoms in total. The Morgan fingerprint density at radius 2 is 1.71 bits per heavy atom. The van der Waals surface area contributed by atoms with Crippen LogP contribution in [-0.4, -0.2) is 68.9 Å². The second-order valence-electron chi connectivity index (χ2n) is 7.61. The molecule has 1 aromatic carbocycles. The van der Waals surface area contributed by atoms with E-state index in [4.69, 9.17) is 4.74 Å². The Labute approximate surface area is 186 Å². The van der Waals surface area contributed by atoms with Crippen molar-refractivity contribution < 1.29 is 33.5 Å². The number of nitrogens with zero attached hydrogens (tertiary/aromatic N) is 2. The van der Waals surface area contributed by atoms with Gasteiger partial charge >= 0.3 is 5.97 Å². The molecule has 164 valence electrons. The number of hydrogen-bond donors (Lipinski definition) is 1. The van der Waals surface area contributed by atoms with Gasteiger partial charge in [0.15, 0.2) is 6.73 Å². The molecular weight excluding hydrogens is 474 g/mol. The molecule has 1 unspecified atom stereocenters. The highest BCUT2D eigenvalue weighted by Gasteiger charge is 2.47. The Balaban J connectivity index is 1.72. The number of hydrogen-bond acceptors (Lipinski definition) is 7. The van der Waals surface area contributed by atoms with Gasteiger partial charge in [-0.25, -0.2) is 9.69 Å². The van der Waals surface area contributed by atoms with Crippen LogP contribution in [-0.2, 0) is 23.9 Å². The normalized spacial score (nSPS) is 18.9. The van der Waals surface area contributed by atoms with Crippen molar-refractivity contribution in [2.45, 2.75) is 38.3 Å². The van der Waals surface area contributed by atoms with Crippen molar-refractivity contribution in [3.05, 3.63) is 35.4 Å². The van der Waals surface area contributed by atoms with Crippen molar-refractivity contribution in [3.8, 4) is 0 Å². The first-order valence-corrected chi connectivity index (χ1v) is 10.6. The smallest absolute Gasteiger partial charge is 0.333 e. The molecule has 0 aliphatic carbocycles. The summed E-state index contributed by atoms with van der Waals surface area (Å²) in [5.41, 5.74) is -1.01. The molecule has 3 rings (SSSR count). The lowest BCUT2D eigenvalue weighted by Gasteiger charge is -2.34. The number of likely N-dealkylation sites (tertiary alicyclic amines) is 1. The maximum atomic E-state index is 12.9. The lowest BCUT2D eigenvalue weighted by atomic mass is 10.0. The quantitative estimate of drug-likeness (QED) is 0.348. The van der Waals surface area contributed by atoms with Gasteiger partial charge in [0.2, 0.25) is 11.8 Å². The Kier molecular flexibility index (Phi) is 6.25. The van der Waals surface area contributed by atoms with Gasteiger partial charge in [-0.1, -0.05) is 28.1 Å². The summed E-state index contributed by atoms with van der Waals surface area (Å²) in [4.78, 5) is 76.0. The van der Waals surface area contributed by atoms with Crippen LogP contribution < -0.4 is 5.32 Å². The summed E-state index contributed by atoms with van der Waals surface area (Å²) in [5.74, 6) is -3.91. The number of esters is 1. The molecule has 0 saturated carbocycles. The number of ether oxygens (including phenoxy) is 1. The lowest BCUT2D eigenvalue weighted by molar-refractivity contribution is -0.167. The van der Waals surface area contributed by atoms with Gasteiger partial charge in [-0.05, 0) is 32.4 Å². The molecule has 2 aliphatic rings. The van der Waals surface area contributed by atoms with E-state index in [1.165, 1.54) is 26.0 Å². The molecule has 0 bridgehead atoms. The number of imide groups is 2. The number of rotatable bonds is 6. The minimum absolute atomic E-state index is 0.0135. The summed E-state index contributed by atoms with van der Waals surface area (Å²) in [5, 5.41) is 2.43. The SMILES string of the molecule is CC(C)(NC(=O)CBr)C(=O)OCN1C(=O)CCC(N2C(=O)c3ccccc3C2=O)C1=O. The Morgan fingerprint density at radius 3 is 2.26 bits per heavy atom. The number of amides is 5. The van der Waals surface area contributed by atoms with E-state index in [1.54, 1.807) is 12.1 Å². The number of carbonyl (C=O) groups is 6. The second-order valence-corrected chi connectivity index (χ2v) is 8.17. The van der Waals surface area contributed by atoms with Crippen molar-refractivity contribution in [1.29, 1.82) is 0 Å². The van der Waals surface area contributed by atoms with Crippen LogP contribution in [0.15, 0.2) is 24.3 Å². The molecule has 0 spiro atoms. The molecule has 1 N–H and O–H groups in total. The van der Waals surface area contributed by atoms with E-state index in [-0.39, 0.29) is 29.3 Å². The minimum Gasteiger partial charge on any atom is -0.442 e. The van der Waals surface area contributed by atoms with Crippen molar-refractivity contribution >= 4 is 51.4 Å². The van der Waals surface area contributed by atoms with Crippen LogP contribution in [0.1, 0.15) is 47.4 Å². The summed E-state index contributed by atoms with van der Waals surface area (Å²) >= 11 is 2.97. The van der Waals surface area contributed by atoms with Crippen LogP contribution in [0.25, 0.3) is 0 Å². The predicted octanol–water partition coefficient (Wildman–Crippen LogP) is 0.591. The summed E-state index contributed by atoms with van der Waals surface area (Å²) in [6, 6.07) is 5.04. The van der Waals surface area contributed by atoms with E-state index >= 15 is 0 Å². The molecule has 0 aromatic heterocycles. The average molecular weight is 494 g/mol. The zero-order valence-electron chi connectivity index (χ0n) is 16.8. The number of carbonyl (C=O) groups excluding carboxylic acids is 6. The molecule has 1 aromatic rings. The van der Waals surface area contributed by atoms with Crippen LogP contribution >= 0.6 is 15.9 Å². The first-order valence-electron chi connectivity index (χ1n) is 9.44. The zero-order chi connectivity index (χ0) is 22.9. The van der Waals surface area contributed by atoms with Crippen LogP contribution in [0, 0.1) is 0 Å². The van der Waals surface area contributed by atoms with E-state index in [2.05, 4.69) is 21.2 Å². The van der Waals surface area contributed by atoms with E-state index in [9.17, 15) is 28.8 Å². The fraction of sp³-hybridized carbons (Fsp3) is 0.400. The van der Waals surface area contributed by atoms with Gasteiger partial charge in [0.05, 0.1) is 16.5 Å². The van der Waals surface area contributed by atoms with Crippen LogP contribution in [0.4, 0.5) is 0 Å². The number of halogens is 1. The molecular formula is C20H20BrN3O7. The Hall–Kier alpha value is -3.08. The maximum absolute atomic E-state index is 12.9. The molecule has 0 radical (unpaired) electrons. The number of nitrogens with one attached hydrogen (secondary N) is 1. The van der Waals surface area contributed by atoms with Crippen LogP contribution in [0.5, 0.6) is 0 Å². The van der Waals surface area contributed by atoms with E-state index in [0.717, 1.165) is 4.90 Å². The van der Waals surface area contributed by atoms with E-state index in [1.807, 2.05) is 0 Å². The number of benzene rings is 1. The van der Waals surface area contributed by atoms with Crippen molar-refractivity contribution in [2.75, 3.05) is 12.1 Å². The molecule has 1 saturated heterocycles. The molecule has 1 fully saturated rings. The third-order valence-electron chi connectivity index (χ3n) is 5.03. The minimum atomic E-state index is -1.39. The number of fused-ring (bicyclic) bond motifs is 1. The monoisotopic (exact) mass is 493 g/mol. The van der Waals surface area contributed by atoms with Crippen LogP contribution in [0.3, 0.4) is 0 Å². The second kappa shape index (κ2) is 8.58. The first-order chi connectivity index (χ1) is 14.6. The van der Waals surface area contributed by atoms with E-state index < -0.39 is 53.8 Å². The van der Waals surface area contributed by atoms with Gasteiger partial charge in [-0.3, -0.25) is 28.9 Å². The Bertz CT molecular complexity index is 956. The molecule has 2 aliphatic heterocycles. The van der Waals surface area contributed by atoms with Crippen LogP contribution in [0.2, 0.25) is 0 Å². The van der Waals surface area contributed by atoms with Gasteiger partial charge in [0, 0.05) is 6.42 Å². The molecule has 31 heavy (non-hydrogen) atoms. The molecule has 1 atom stereocenters. The van der Waals surface area contributed by atoms with Gasteiger partial charge in [0.25, 0.3) is 17.7 Å². The van der Waals surface area contributed by atoms with E-state index in [0.29, 0.717) is 4.90 Å². The summed E-state index contributed by atoms with van der Waals surface area (Å²) in [6.45, 7) is 2.14. The average Bonchev–Trinajstić information content (AvgIpc) is 2.98. The molecule has 5 amide bonds. The highest BCUT2D eigenvalue weighted by molar-refractivity contribution is 9.09. The molecule has 2 heterocycles. The highest BCUT2D eigenvalue weighted by Crippen LogP contribution is 2.29. The van der Waals surface area contributed by atoms with Crippen molar-refractivity contribution in [1.82, 2.24) is 15.1 Å². The van der Waals surface area contributed by atoms with Crippen molar-refractivity contribution in [3.63, 3.8) is 0 Å². The van der Waals surface area contributed by atoms with Gasteiger partial charge in [-0.2, -0.15) is 0 Å².